The Labute approximate surface area is 182 Å². The fraction of sp³-hybridized carbons (Fsp3) is 0.632. The highest BCUT2D eigenvalue weighted by Crippen LogP contribution is 2.38. The summed E-state index contributed by atoms with van der Waals surface area (Å²) < 4.78 is 51.8. The summed E-state index contributed by atoms with van der Waals surface area (Å²) in [5, 5.41) is 3.18. The van der Waals surface area contributed by atoms with Gasteiger partial charge in [0.05, 0.1) is 10.5 Å². The van der Waals surface area contributed by atoms with Crippen molar-refractivity contribution in [3.63, 3.8) is 0 Å². The smallest absolute Gasteiger partial charge is 0.193 e. The van der Waals surface area contributed by atoms with Gasteiger partial charge in [0.25, 0.3) is 0 Å². The largest absolute Gasteiger partial charge is 0.356 e. The average Bonchev–Trinajstić information content (AvgIpc) is 2.65. The molecule has 5 nitrogen and oxygen atoms in total. The first-order valence-electron chi connectivity index (χ1n) is 9.49. The molecule has 0 bridgehead atoms. The minimum atomic E-state index is -3.11. The Hall–Kier alpha value is -0.970. The van der Waals surface area contributed by atoms with Gasteiger partial charge in [-0.1, -0.05) is 19.3 Å². The number of nitrogens with one attached hydrogen (secondary N) is 1. The summed E-state index contributed by atoms with van der Waals surface area (Å²) in [4.78, 5) is 6.27. The number of guanidine groups is 1. The van der Waals surface area contributed by atoms with Crippen LogP contribution in [0, 0.1) is 11.6 Å². The molecule has 1 heterocycles. The molecule has 3 rings (SSSR count). The van der Waals surface area contributed by atoms with Crippen LogP contribution in [0.3, 0.4) is 0 Å². The van der Waals surface area contributed by atoms with Crippen LogP contribution in [0.5, 0.6) is 0 Å². The maximum absolute atomic E-state index is 13.8. The van der Waals surface area contributed by atoms with Crippen LogP contribution >= 0.6 is 24.0 Å². The van der Waals surface area contributed by atoms with Crippen molar-refractivity contribution >= 4 is 39.8 Å². The van der Waals surface area contributed by atoms with Gasteiger partial charge < -0.3 is 10.2 Å². The number of aliphatic imine (C=N–C) groups is 1. The van der Waals surface area contributed by atoms with E-state index >= 15 is 0 Å². The minimum Gasteiger partial charge on any atom is -0.356 e. The molecule has 0 atom stereocenters. The molecule has 0 unspecified atom stereocenters. The maximum Gasteiger partial charge on any atom is 0.193 e. The summed E-state index contributed by atoms with van der Waals surface area (Å²) >= 11 is 0. The second kappa shape index (κ2) is 9.69. The topological polar surface area (TPSA) is 61.8 Å². The van der Waals surface area contributed by atoms with Gasteiger partial charge in [0.2, 0.25) is 0 Å². The molecule has 1 saturated carbocycles. The van der Waals surface area contributed by atoms with Gasteiger partial charge >= 0.3 is 0 Å². The Morgan fingerprint density at radius 2 is 1.96 bits per heavy atom. The van der Waals surface area contributed by atoms with Gasteiger partial charge in [0, 0.05) is 26.7 Å². The molecule has 1 aliphatic carbocycles. The van der Waals surface area contributed by atoms with Crippen molar-refractivity contribution in [2.24, 2.45) is 4.99 Å². The molecular formula is C19H28F2IN3O2S. The van der Waals surface area contributed by atoms with E-state index in [2.05, 4.69) is 10.3 Å². The normalized spacial score (nSPS) is 21.2. The summed E-state index contributed by atoms with van der Waals surface area (Å²) in [7, 11) is -1.46. The number of sulfone groups is 1. The van der Waals surface area contributed by atoms with Crippen molar-refractivity contribution in [2.45, 2.75) is 43.3 Å². The fourth-order valence-electron chi connectivity index (χ4n) is 4.19. The van der Waals surface area contributed by atoms with Crippen LogP contribution in [0.15, 0.2) is 23.2 Å². The lowest BCUT2D eigenvalue weighted by Gasteiger charge is -2.45. The molecule has 1 aromatic carbocycles. The lowest BCUT2D eigenvalue weighted by Crippen LogP contribution is -2.60. The van der Waals surface area contributed by atoms with E-state index in [1.54, 1.807) is 7.05 Å². The molecule has 0 aromatic heterocycles. The van der Waals surface area contributed by atoms with Crippen molar-refractivity contribution in [3.8, 4) is 0 Å². The van der Waals surface area contributed by atoms with Crippen molar-refractivity contribution in [1.29, 1.82) is 0 Å². The predicted octanol–water partition coefficient (Wildman–Crippen LogP) is 3.13. The molecule has 158 valence electrons. The van der Waals surface area contributed by atoms with Crippen LogP contribution in [0.4, 0.5) is 8.78 Å². The molecule has 2 fully saturated rings. The van der Waals surface area contributed by atoms with Gasteiger partial charge in [-0.05, 0) is 43.0 Å². The van der Waals surface area contributed by atoms with Gasteiger partial charge in [-0.3, -0.25) is 4.99 Å². The summed E-state index contributed by atoms with van der Waals surface area (Å²) in [5.41, 5.74) is 0.308. The SMILES string of the molecule is CN=C(NCCc1cc(F)ccc1F)N1CCS(=O)(=O)C2(CCCCC2)C1.I. The lowest BCUT2D eigenvalue weighted by molar-refractivity contribution is 0.274. The van der Waals surface area contributed by atoms with E-state index in [1.807, 2.05) is 4.90 Å². The average molecular weight is 527 g/mol. The molecule has 1 spiro atoms. The maximum atomic E-state index is 13.8. The van der Waals surface area contributed by atoms with Crippen LogP contribution in [0.1, 0.15) is 37.7 Å². The molecular weight excluding hydrogens is 499 g/mol. The van der Waals surface area contributed by atoms with E-state index < -0.39 is 26.2 Å². The quantitative estimate of drug-likeness (QED) is 0.373. The van der Waals surface area contributed by atoms with E-state index in [1.165, 1.54) is 6.07 Å². The monoisotopic (exact) mass is 527 g/mol. The number of hydrogen-bond acceptors (Lipinski definition) is 3. The van der Waals surface area contributed by atoms with Crippen molar-refractivity contribution < 1.29 is 17.2 Å². The number of rotatable bonds is 3. The van der Waals surface area contributed by atoms with E-state index in [0.717, 1.165) is 31.4 Å². The van der Waals surface area contributed by atoms with Gasteiger partial charge in [-0.2, -0.15) is 0 Å². The predicted molar refractivity (Wildman–Crippen MR) is 118 cm³/mol. The van der Waals surface area contributed by atoms with Gasteiger partial charge in [-0.25, -0.2) is 17.2 Å². The Kier molecular flexibility index (Phi) is 8.06. The van der Waals surface area contributed by atoms with E-state index in [-0.39, 0.29) is 29.7 Å². The first-order chi connectivity index (χ1) is 12.9. The Balaban J connectivity index is 0.00000280. The second-order valence-electron chi connectivity index (χ2n) is 7.44. The summed E-state index contributed by atoms with van der Waals surface area (Å²) in [6, 6.07) is 3.43. The number of halogens is 3. The van der Waals surface area contributed by atoms with Gasteiger partial charge in [0.15, 0.2) is 15.8 Å². The number of benzene rings is 1. The third kappa shape index (κ3) is 4.95. The highest BCUT2D eigenvalue weighted by molar-refractivity contribution is 14.0. The van der Waals surface area contributed by atoms with Gasteiger partial charge in [-0.15, -0.1) is 24.0 Å². The Bertz CT molecular complexity index is 811. The Morgan fingerprint density at radius 3 is 2.64 bits per heavy atom. The van der Waals surface area contributed by atoms with E-state index in [0.29, 0.717) is 50.4 Å². The van der Waals surface area contributed by atoms with Crippen molar-refractivity contribution in [2.75, 3.05) is 32.4 Å². The lowest BCUT2D eigenvalue weighted by atomic mass is 9.87. The van der Waals surface area contributed by atoms with Crippen LogP contribution in [-0.2, 0) is 16.3 Å². The standard InChI is InChI=1S/C19H27F2N3O2S.HI/c1-22-18(23-10-7-15-13-16(20)5-6-17(15)21)24-11-12-27(25,26)19(14-24)8-3-2-4-9-19;/h5-6,13H,2-4,7-12,14H2,1H3,(H,22,23);1H. The minimum absolute atomic E-state index is 0. The van der Waals surface area contributed by atoms with Crippen LogP contribution in [0.2, 0.25) is 0 Å². The molecule has 1 saturated heterocycles. The van der Waals surface area contributed by atoms with Crippen molar-refractivity contribution in [1.82, 2.24) is 10.2 Å². The number of hydrogen-bond donors (Lipinski definition) is 1. The van der Waals surface area contributed by atoms with Crippen LogP contribution in [0.25, 0.3) is 0 Å². The molecule has 1 aliphatic heterocycles. The first-order valence-corrected chi connectivity index (χ1v) is 11.1. The molecule has 1 aromatic rings. The molecule has 2 aliphatic rings. The highest BCUT2D eigenvalue weighted by atomic mass is 127. The van der Waals surface area contributed by atoms with Crippen LogP contribution < -0.4 is 5.32 Å². The summed E-state index contributed by atoms with van der Waals surface area (Å²) in [6.07, 6.45) is 4.70. The van der Waals surface area contributed by atoms with E-state index in [4.69, 9.17) is 0 Å². The highest BCUT2D eigenvalue weighted by Gasteiger charge is 2.48. The summed E-state index contributed by atoms with van der Waals surface area (Å²) in [6.45, 7) is 1.24. The molecule has 28 heavy (non-hydrogen) atoms. The van der Waals surface area contributed by atoms with E-state index in [9.17, 15) is 17.2 Å². The van der Waals surface area contributed by atoms with Gasteiger partial charge in [0.1, 0.15) is 11.6 Å². The third-order valence-electron chi connectivity index (χ3n) is 5.73. The summed E-state index contributed by atoms with van der Waals surface area (Å²) in [5.74, 6) is -0.145. The number of nitrogens with zero attached hydrogens (tertiary/aromatic N) is 2. The third-order valence-corrected chi connectivity index (χ3v) is 8.31. The zero-order valence-corrected chi connectivity index (χ0v) is 19.2. The second-order valence-corrected chi connectivity index (χ2v) is 9.95. The fourth-order valence-corrected chi connectivity index (χ4v) is 6.35. The first kappa shape index (κ1) is 23.3. The molecule has 1 N–H and O–H groups in total. The molecule has 9 heteroatoms. The van der Waals surface area contributed by atoms with Crippen molar-refractivity contribution in [3.05, 3.63) is 35.4 Å². The zero-order chi connectivity index (χ0) is 19.5. The molecule has 0 radical (unpaired) electrons. The Morgan fingerprint density at radius 1 is 1.25 bits per heavy atom. The zero-order valence-electron chi connectivity index (χ0n) is 16.1. The van der Waals surface area contributed by atoms with Crippen LogP contribution in [-0.4, -0.2) is 56.5 Å². The molecule has 0 amide bonds.